The number of hydrogen-bond donors (Lipinski definition) is 1. The van der Waals surface area contributed by atoms with Crippen molar-refractivity contribution in [2.24, 2.45) is 11.8 Å². The number of aryl methyl sites for hydroxylation is 2. The Morgan fingerprint density at radius 3 is 2.63 bits per heavy atom. The van der Waals surface area contributed by atoms with Gasteiger partial charge in [-0.2, -0.15) is 13.9 Å². The largest absolute Gasteiger partial charge is 0.434 e. The summed E-state index contributed by atoms with van der Waals surface area (Å²) in [5.74, 6) is -1.05. The lowest BCUT2D eigenvalue weighted by Crippen LogP contribution is -2.30. The van der Waals surface area contributed by atoms with Gasteiger partial charge in [-0.15, -0.1) is 0 Å². The molecule has 0 bridgehead atoms. The molecule has 2 aliphatic rings. The van der Waals surface area contributed by atoms with Gasteiger partial charge in [-0.3, -0.25) is 29.1 Å². The van der Waals surface area contributed by atoms with Crippen LogP contribution in [0.5, 0.6) is 5.75 Å². The van der Waals surface area contributed by atoms with Crippen molar-refractivity contribution < 1.29 is 27.5 Å². The third-order valence-corrected chi connectivity index (χ3v) is 7.79. The van der Waals surface area contributed by atoms with Crippen molar-refractivity contribution in [3.05, 3.63) is 70.5 Å². The van der Waals surface area contributed by atoms with E-state index >= 15 is 0 Å². The average molecular weight is 613 g/mol. The summed E-state index contributed by atoms with van der Waals surface area (Å²) in [4.78, 5) is 44.8. The molecule has 11 nitrogen and oxygen atoms in total. The molecule has 1 unspecified atom stereocenters. The number of fused-ring (bicyclic) bond motifs is 1. The van der Waals surface area contributed by atoms with Crippen LogP contribution in [0.3, 0.4) is 0 Å². The number of alkyl halides is 2. The first-order chi connectivity index (χ1) is 20.5. The highest BCUT2D eigenvalue weighted by Crippen LogP contribution is 2.47. The van der Waals surface area contributed by atoms with Crippen molar-refractivity contribution in [2.75, 3.05) is 16.8 Å². The molecule has 43 heavy (non-hydrogen) atoms. The number of aromatic nitrogens is 6. The number of ether oxygens (including phenoxy) is 1. The zero-order valence-electron chi connectivity index (χ0n) is 23.1. The van der Waals surface area contributed by atoms with Crippen LogP contribution in [0.25, 0.3) is 11.3 Å². The number of benzene rings is 1. The van der Waals surface area contributed by atoms with E-state index in [1.54, 1.807) is 28.9 Å². The number of halogens is 4. The van der Waals surface area contributed by atoms with Gasteiger partial charge in [0, 0.05) is 18.7 Å². The second-order valence-electron chi connectivity index (χ2n) is 10.4. The van der Waals surface area contributed by atoms with E-state index in [9.17, 15) is 22.8 Å². The monoisotopic (exact) mass is 612 g/mol. The predicted octanol–water partition coefficient (Wildman–Crippen LogP) is 4.99. The number of rotatable bonds is 8. The average Bonchev–Trinajstić information content (AvgIpc) is 3.47. The van der Waals surface area contributed by atoms with Gasteiger partial charge in [-0.05, 0) is 45.2 Å². The predicted molar refractivity (Wildman–Crippen MR) is 149 cm³/mol. The van der Waals surface area contributed by atoms with Gasteiger partial charge in [-0.1, -0.05) is 11.6 Å². The van der Waals surface area contributed by atoms with Crippen molar-refractivity contribution in [2.45, 2.75) is 39.8 Å². The zero-order valence-corrected chi connectivity index (χ0v) is 23.8. The molecular weight excluding hydrogens is 589 g/mol. The minimum atomic E-state index is -3.23. The summed E-state index contributed by atoms with van der Waals surface area (Å²) in [6.07, 6.45) is 6.70. The van der Waals surface area contributed by atoms with Crippen molar-refractivity contribution in [1.29, 1.82) is 0 Å². The Hall–Kier alpha value is -4.59. The molecule has 222 valence electrons. The van der Waals surface area contributed by atoms with Gasteiger partial charge in [0.1, 0.15) is 11.4 Å². The lowest BCUT2D eigenvalue weighted by atomic mass is 10.1. The van der Waals surface area contributed by atoms with E-state index < -0.39 is 29.6 Å². The molecule has 1 aromatic carbocycles. The quantitative estimate of drug-likeness (QED) is 0.295. The highest BCUT2D eigenvalue weighted by atomic mass is 35.5. The van der Waals surface area contributed by atoms with Crippen LogP contribution in [-0.2, 0) is 4.79 Å². The maximum absolute atomic E-state index is 14.9. The molecule has 3 aromatic heterocycles. The molecule has 1 N–H and O–H groups in total. The second kappa shape index (κ2) is 10.9. The van der Waals surface area contributed by atoms with Crippen LogP contribution in [0, 0.1) is 31.5 Å². The number of hydrogen-bond acceptors (Lipinski definition) is 8. The molecule has 1 aliphatic heterocycles. The van der Waals surface area contributed by atoms with Crippen LogP contribution in [0.15, 0.2) is 36.9 Å². The smallest absolute Gasteiger partial charge is 0.387 e. The maximum atomic E-state index is 14.9. The Bertz CT molecular complexity index is 1770. The number of piperidine rings is 1. The van der Waals surface area contributed by atoms with Crippen molar-refractivity contribution in [3.8, 4) is 17.0 Å². The maximum Gasteiger partial charge on any atom is 0.387 e. The summed E-state index contributed by atoms with van der Waals surface area (Å²) < 4.78 is 46.8. The van der Waals surface area contributed by atoms with Crippen molar-refractivity contribution in [1.82, 2.24) is 29.7 Å². The Kier molecular flexibility index (Phi) is 7.24. The van der Waals surface area contributed by atoms with E-state index in [-0.39, 0.29) is 40.0 Å². The normalized spacial score (nSPS) is 18.1. The van der Waals surface area contributed by atoms with Gasteiger partial charge in [0.15, 0.2) is 11.6 Å². The van der Waals surface area contributed by atoms with Gasteiger partial charge in [0.05, 0.1) is 63.7 Å². The SMILES string of the molecule is Cc1ncc(-c2c(OC(F)F)ccc(Cl)c2F)nc1C(=O)Nc1cnn(C(C)c2cnc(N3C[C@H]4C[C@H]4C3=O)c(C)n2)c1. The molecule has 0 spiro atoms. The minimum Gasteiger partial charge on any atom is -0.434 e. The molecule has 6 rings (SSSR count). The Morgan fingerprint density at radius 1 is 1.14 bits per heavy atom. The molecule has 1 aliphatic carbocycles. The van der Waals surface area contributed by atoms with E-state index in [1.807, 2.05) is 6.92 Å². The fourth-order valence-corrected chi connectivity index (χ4v) is 5.28. The van der Waals surface area contributed by atoms with Crippen LogP contribution < -0.4 is 15.0 Å². The second-order valence-corrected chi connectivity index (χ2v) is 10.8. The first kappa shape index (κ1) is 28.5. The molecule has 1 saturated carbocycles. The first-order valence-electron chi connectivity index (χ1n) is 13.3. The van der Waals surface area contributed by atoms with Crippen molar-refractivity contribution in [3.63, 3.8) is 0 Å². The third kappa shape index (κ3) is 5.38. The number of anilines is 2. The van der Waals surface area contributed by atoms with Gasteiger partial charge in [0.25, 0.3) is 5.91 Å². The van der Waals surface area contributed by atoms with E-state index in [2.05, 4.69) is 35.1 Å². The number of nitrogens with zero attached hydrogens (tertiary/aromatic N) is 7. The summed E-state index contributed by atoms with van der Waals surface area (Å²) in [7, 11) is 0. The number of carbonyl (C=O) groups excluding carboxylic acids is 2. The Labute approximate surface area is 248 Å². The summed E-state index contributed by atoms with van der Waals surface area (Å²) >= 11 is 5.86. The van der Waals surface area contributed by atoms with Crippen LogP contribution in [-0.4, -0.2) is 54.7 Å². The van der Waals surface area contributed by atoms with E-state index in [0.717, 1.165) is 24.8 Å². The first-order valence-corrected chi connectivity index (χ1v) is 13.7. The lowest BCUT2D eigenvalue weighted by molar-refractivity contribution is -0.118. The Balaban J connectivity index is 1.20. The van der Waals surface area contributed by atoms with Crippen LogP contribution in [0.1, 0.15) is 47.0 Å². The molecular formula is C28H24ClF3N8O3. The van der Waals surface area contributed by atoms with Gasteiger partial charge < -0.3 is 10.1 Å². The van der Waals surface area contributed by atoms with E-state index in [0.29, 0.717) is 35.4 Å². The fraction of sp³-hybridized carbons (Fsp3) is 0.321. The molecule has 2 amide bonds. The molecule has 2 fully saturated rings. The summed E-state index contributed by atoms with van der Waals surface area (Å²) in [5, 5.41) is 6.65. The van der Waals surface area contributed by atoms with E-state index in [4.69, 9.17) is 11.6 Å². The Morgan fingerprint density at radius 2 is 1.93 bits per heavy atom. The lowest BCUT2D eigenvalue weighted by Gasteiger charge is -2.20. The molecule has 4 aromatic rings. The van der Waals surface area contributed by atoms with Gasteiger partial charge >= 0.3 is 6.61 Å². The van der Waals surface area contributed by atoms with E-state index in [1.165, 1.54) is 13.1 Å². The summed E-state index contributed by atoms with van der Waals surface area (Å²) in [6, 6.07) is 1.79. The summed E-state index contributed by atoms with van der Waals surface area (Å²) in [5.41, 5.74) is 0.922. The topological polar surface area (TPSA) is 128 Å². The minimum absolute atomic E-state index is 0.0979. The summed E-state index contributed by atoms with van der Waals surface area (Å²) in [6.45, 7) is 2.62. The van der Waals surface area contributed by atoms with Gasteiger partial charge in [-0.25, -0.2) is 14.4 Å². The number of amides is 2. The highest BCUT2D eigenvalue weighted by Gasteiger charge is 2.53. The zero-order chi connectivity index (χ0) is 30.6. The number of nitrogens with one attached hydrogen (secondary N) is 1. The van der Waals surface area contributed by atoms with Gasteiger partial charge in [0.2, 0.25) is 5.91 Å². The van der Waals surface area contributed by atoms with Crippen LogP contribution in [0.4, 0.5) is 24.7 Å². The molecule has 15 heteroatoms. The third-order valence-electron chi connectivity index (χ3n) is 7.50. The number of carbonyl (C=O) groups is 2. The molecule has 4 heterocycles. The van der Waals surface area contributed by atoms with Crippen LogP contribution >= 0.6 is 11.6 Å². The standard InChI is InChI=1S/C28H24ClF3N8O3/c1-12-24(38-20(9-33-12)22-21(43-28(31)32)5-4-18(29)23(22)30)26(41)37-16-7-35-40(11-16)14(3)19-8-34-25(13(2)36-19)39-10-15-6-17(15)27(39)42/h4-5,7-9,11,14-15,17,28H,6,10H2,1-3H3,(H,37,41)/t14?,15-,17-/m1/s1. The molecule has 3 atom stereocenters. The van der Waals surface area contributed by atoms with Crippen molar-refractivity contribution >= 4 is 34.9 Å². The van der Waals surface area contributed by atoms with Crippen LogP contribution in [0.2, 0.25) is 5.02 Å². The molecule has 0 radical (unpaired) electrons. The molecule has 1 saturated heterocycles. The highest BCUT2D eigenvalue weighted by molar-refractivity contribution is 6.31. The fourth-order valence-electron chi connectivity index (χ4n) is 5.12.